The van der Waals surface area contributed by atoms with Crippen LogP contribution in [0.5, 0.6) is 5.75 Å². The largest absolute Gasteiger partial charge is 0.495 e. The highest BCUT2D eigenvalue weighted by atomic mass is 35.5. The number of amides is 3. The van der Waals surface area contributed by atoms with Gasteiger partial charge in [0.05, 0.1) is 25.3 Å². The molecule has 0 aliphatic carbocycles. The third-order valence-electron chi connectivity index (χ3n) is 10.5. The number of anilines is 1. The lowest BCUT2D eigenvalue weighted by molar-refractivity contribution is -0.162. The normalized spacial score (nSPS) is 31.5. The summed E-state index contributed by atoms with van der Waals surface area (Å²) in [6.45, 7) is 10.8. The van der Waals surface area contributed by atoms with Crippen molar-refractivity contribution in [2.75, 3.05) is 33.2 Å². The van der Waals surface area contributed by atoms with Crippen LogP contribution in [0.3, 0.4) is 0 Å². The Morgan fingerprint density at radius 1 is 1.26 bits per heavy atom. The molecule has 3 amide bonds. The summed E-state index contributed by atoms with van der Waals surface area (Å²) >= 11 is 11.3. The predicted octanol–water partition coefficient (Wildman–Crippen LogP) is 5.00. The Morgan fingerprint density at radius 2 is 1.94 bits per heavy atom. The summed E-state index contributed by atoms with van der Waals surface area (Å²) in [6, 6.07) is 2.60. The fraction of sp³-hybridized carbons (Fsp3) is 0.632. The second-order valence-corrected chi connectivity index (χ2v) is 16.8. The summed E-state index contributed by atoms with van der Waals surface area (Å²) in [6.07, 6.45) is 1.61. The van der Waals surface area contributed by atoms with Gasteiger partial charge in [-0.25, -0.2) is 9.59 Å². The van der Waals surface area contributed by atoms with Gasteiger partial charge in [-0.3, -0.25) is 14.9 Å². The summed E-state index contributed by atoms with van der Waals surface area (Å²) in [4.78, 5) is 56.5. The molecule has 0 unspecified atom stereocenters. The van der Waals surface area contributed by atoms with E-state index in [9.17, 15) is 24.3 Å². The highest BCUT2D eigenvalue weighted by Crippen LogP contribution is 2.49. The first-order valence-corrected chi connectivity index (χ1v) is 18.5. The van der Waals surface area contributed by atoms with Crippen molar-refractivity contribution in [3.8, 4) is 5.75 Å². The van der Waals surface area contributed by atoms with Gasteiger partial charge < -0.3 is 38.6 Å². The first-order chi connectivity index (χ1) is 24.6. The molecule has 13 nitrogen and oxygen atoms in total. The summed E-state index contributed by atoms with van der Waals surface area (Å²) in [5, 5.41) is 14.5. The van der Waals surface area contributed by atoms with Crippen LogP contribution in [0.25, 0.3) is 0 Å². The number of carbonyl (C=O) groups is 4. The van der Waals surface area contributed by atoms with E-state index in [4.69, 9.17) is 35.3 Å². The maximum absolute atomic E-state index is 14.1. The van der Waals surface area contributed by atoms with Crippen LogP contribution in [0.2, 0.25) is 5.02 Å². The third kappa shape index (κ3) is 9.88. The molecular weight excluding hydrogens is 726 g/mol. The Kier molecular flexibility index (Phi) is 13.3. The molecule has 2 saturated heterocycles. The average molecular weight is 780 g/mol. The van der Waals surface area contributed by atoms with Gasteiger partial charge in [0, 0.05) is 44.7 Å². The number of ether oxygens (including phenoxy) is 5. The minimum Gasteiger partial charge on any atom is -0.495 e. The van der Waals surface area contributed by atoms with E-state index in [1.807, 2.05) is 26.8 Å². The molecule has 15 heteroatoms. The molecule has 53 heavy (non-hydrogen) atoms. The average Bonchev–Trinajstić information content (AvgIpc) is 3.78. The Hall–Kier alpha value is -3.30. The van der Waals surface area contributed by atoms with E-state index in [2.05, 4.69) is 17.9 Å². The third-order valence-corrected chi connectivity index (χ3v) is 11.1. The highest BCUT2D eigenvalue weighted by Gasteiger charge is 2.64. The lowest BCUT2D eigenvalue weighted by atomic mass is 9.83. The zero-order valence-electron chi connectivity index (χ0n) is 32.2. The molecule has 1 aromatic rings. The second-order valence-electron chi connectivity index (χ2n) is 15.2. The number of halogens is 1. The molecule has 3 aliphatic heterocycles. The maximum atomic E-state index is 14.1. The number of epoxide rings is 1. The Balaban J connectivity index is 1.74. The van der Waals surface area contributed by atoms with E-state index in [1.54, 1.807) is 52.1 Å². The Morgan fingerprint density at radius 3 is 2.57 bits per heavy atom. The summed E-state index contributed by atoms with van der Waals surface area (Å²) in [7, 11) is 6.02. The SMILES string of the molecule is COc1cc2cc(c1Cl)N(C)C(=O)C[C@H](OC(=O)[C@H](C)N(C)C(=O)CCC(C)(C)S)[C@@]1(C)O[C@H]1[C@H](C)[C@@H]1C[C@@](O)(NC(=O)O1)[C@H](OC)/C=C/C=C(\C)C2. The number of carbonyl (C=O) groups excluding carboxylic acids is 4. The minimum atomic E-state index is -1.83. The number of hydrogen-bond acceptors (Lipinski definition) is 11. The molecule has 2 N–H and O–H groups in total. The van der Waals surface area contributed by atoms with E-state index in [0.29, 0.717) is 24.3 Å². The summed E-state index contributed by atoms with van der Waals surface area (Å²) < 4.78 is 28.8. The van der Waals surface area contributed by atoms with Crippen molar-refractivity contribution in [2.45, 2.75) is 120 Å². The molecule has 0 saturated carbocycles. The van der Waals surface area contributed by atoms with Crippen molar-refractivity contribution in [3.05, 3.63) is 46.5 Å². The zero-order valence-corrected chi connectivity index (χ0v) is 33.9. The van der Waals surface area contributed by atoms with Gasteiger partial charge in [0.15, 0.2) is 5.72 Å². The van der Waals surface area contributed by atoms with E-state index < -0.39 is 65.7 Å². The number of benzene rings is 1. The topological polar surface area (TPSA) is 156 Å². The van der Waals surface area contributed by atoms with Crippen molar-refractivity contribution in [1.82, 2.24) is 10.2 Å². The lowest BCUT2D eigenvalue weighted by Crippen LogP contribution is -2.63. The molecule has 0 spiro atoms. The van der Waals surface area contributed by atoms with Gasteiger partial charge in [0.2, 0.25) is 11.8 Å². The number of likely N-dealkylation sites (N-methyl/N-ethyl adjacent to an activating group) is 1. The molecule has 0 aromatic heterocycles. The summed E-state index contributed by atoms with van der Waals surface area (Å²) in [5.74, 6) is -1.58. The highest BCUT2D eigenvalue weighted by molar-refractivity contribution is 7.81. The van der Waals surface area contributed by atoms with Crippen LogP contribution in [0.15, 0.2) is 35.9 Å². The van der Waals surface area contributed by atoms with Crippen molar-refractivity contribution >= 4 is 53.8 Å². The standard InChI is InChI=1S/C38H54ClN3O10S/c1-21-12-11-13-28(49-10)38(47)20-27(50-35(46)40-38)22(2)33-37(6,52-33)29(51-34(45)23(3)41(7)30(43)14-15-36(4,5)53)19-31(44)42(8)25-17-24(16-21)18-26(48-9)32(25)39/h11-13,17-18,22-23,27-29,33,47,53H,14-16,19-20H2,1-10H3,(H,40,46)/b13-11+,21-12+/t22-,23+,27+,28-,29+,33+,37-,38+/m1/s1. The zero-order chi connectivity index (χ0) is 39.6. The molecule has 2 fully saturated rings. The number of alkyl carbamates (subject to hydrolysis) is 1. The molecule has 8 atom stereocenters. The molecule has 1 aromatic carbocycles. The number of hydrogen-bond donors (Lipinski definition) is 3. The van der Waals surface area contributed by atoms with Crippen molar-refractivity contribution in [1.29, 1.82) is 0 Å². The number of aliphatic hydroxyl groups is 1. The molecule has 4 bridgehead atoms. The van der Waals surface area contributed by atoms with Crippen molar-refractivity contribution in [3.63, 3.8) is 0 Å². The van der Waals surface area contributed by atoms with Gasteiger partial charge in [0.1, 0.15) is 40.7 Å². The minimum absolute atomic E-state index is 0.0509. The number of esters is 1. The van der Waals surface area contributed by atoms with Gasteiger partial charge in [0.25, 0.3) is 0 Å². The monoisotopic (exact) mass is 779 g/mol. The first-order valence-electron chi connectivity index (χ1n) is 17.7. The second kappa shape index (κ2) is 16.6. The van der Waals surface area contributed by atoms with Crippen LogP contribution < -0.4 is 15.0 Å². The van der Waals surface area contributed by atoms with Crippen LogP contribution in [0.1, 0.15) is 72.8 Å². The maximum Gasteiger partial charge on any atom is 0.409 e. The summed E-state index contributed by atoms with van der Waals surface area (Å²) in [5.41, 5.74) is -0.916. The molecule has 3 aliphatic rings. The quantitative estimate of drug-likeness (QED) is 0.187. The van der Waals surface area contributed by atoms with Crippen LogP contribution in [0.4, 0.5) is 10.5 Å². The van der Waals surface area contributed by atoms with Crippen LogP contribution in [0, 0.1) is 5.92 Å². The molecule has 4 rings (SSSR count). The van der Waals surface area contributed by atoms with Crippen LogP contribution >= 0.6 is 24.2 Å². The number of nitrogens with zero attached hydrogens (tertiary/aromatic N) is 2. The van der Waals surface area contributed by atoms with Gasteiger partial charge in [-0.1, -0.05) is 56.2 Å². The smallest absolute Gasteiger partial charge is 0.409 e. The van der Waals surface area contributed by atoms with E-state index in [-0.39, 0.29) is 34.9 Å². The Bertz CT molecular complexity index is 1630. The predicted molar refractivity (Wildman–Crippen MR) is 203 cm³/mol. The fourth-order valence-corrected chi connectivity index (χ4v) is 7.23. The number of rotatable bonds is 8. The van der Waals surface area contributed by atoms with Crippen molar-refractivity contribution < 1.29 is 48.0 Å². The van der Waals surface area contributed by atoms with E-state index in [1.165, 1.54) is 31.1 Å². The van der Waals surface area contributed by atoms with Crippen LogP contribution in [-0.4, -0.2) is 109 Å². The molecule has 294 valence electrons. The number of thiol groups is 1. The van der Waals surface area contributed by atoms with E-state index >= 15 is 0 Å². The van der Waals surface area contributed by atoms with Gasteiger partial charge in [-0.15, -0.1) is 0 Å². The van der Waals surface area contributed by atoms with Crippen molar-refractivity contribution in [2.24, 2.45) is 5.92 Å². The number of allylic oxidation sites excluding steroid dienone is 3. The lowest BCUT2D eigenvalue weighted by Gasteiger charge is -2.42. The fourth-order valence-electron chi connectivity index (χ4n) is 6.81. The van der Waals surface area contributed by atoms with Gasteiger partial charge in [-0.05, 0) is 51.3 Å². The van der Waals surface area contributed by atoms with Crippen LogP contribution in [-0.2, 0) is 39.8 Å². The number of fused-ring (bicyclic) bond motifs is 5. The van der Waals surface area contributed by atoms with Gasteiger partial charge in [-0.2, -0.15) is 12.6 Å². The molecular formula is C38H54ClN3O10S. The molecule has 3 heterocycles. The Labute approximate surface area is 322 Å². The van der Waals surface area contributed by atoms with Gasteiger partial charge >= 0.3 is 12.1 Å². The van der Waals surface area contributed by atoms with E-state index in [0.717, 1.165) is 11.1 Å². The molecule has 0 radical (unpaired) electrons. The number of methoxy groups -OCH3 is 2. The number of nitrogens with one attached hydrogen (secondary N) is 1. The first kappa shape index (κ1) is 42.4.